The van der Waals surface area contributed by atoms with Crippen molar-refractivity contribution in [2.24, 2.45) is 0 Å². The first kappa shape index (κ1) is 12.4. The van der Waals surface area contributed by atoms with Gasteiger partial charge in [0.2, 0.25) is 0 Å². The average Bonchev–Trinajstić information content (AvgIpc) is 2.41. The van der Waals surface area contributed by atoms with Gasteiger partial charge >= 0.3 is 0 Å². The van der Waals surface area contributed by atoms with Gasteiger partial charge in [-0.05, 0) is 54.3 Å². The molecule has 2 aromatic carbocycles. The maximum absolute atomic E-state index is 11.4. The van der Waals surface area contributed by atoms with E-state index in [9.17, 15) is 5.11 Å². The lowest BCUT2D eigenvalue weighted by Crippen LogP contribution is -2.28. The minimum atomic E-state index is 0.104. The third kappa shape index (κ3) is 2.69. The minimum Gasteiger partial charge on any atom is -0.367 e. The Morgan fingerprint density at radius 1 is 1.11 bits per heavy atom. The Kier molecular flexibility index (Phi) is 3.34. The number of hydrogen-bond donors (Lipinski definition) is 0. The second-order valence-corrected chi connectivity index (χ2v) is 5.38. The van der Waals surface area contributed by atoms with Gasteiger partial charge in [0.05, 0.1) is 0 Å². The van der Waals surface area contributed by atoms with Gasteiger partial charge in [-0.25, -0.2) is 0 Å². The summed E-state index contributed by atoms with van der Waals surface area (Å²) in [5.41, 5.74) is 3.61. The van der Waals surface area contributed by atoms with Crippen LogP contribution in [0.25, 0.3) is 0 Å². The predicted molar refractivity (Wildman–Crippen MR) is 77.4 cm³/mol. The SMILES string of the molecule is [O]c1ccc2c(c1)CCCN2Cc1ccc(Cl)cc1. The highest BCUT2D eigenvalue weighted by molar-refractivity contribution is 6.30. The number of anilines is 1. The number of benzene rings is 2. The van der Waals surface area contributed by atoms with E-state index in [0.717, 1.165) is 31.0 Å². The molecule has 0 bridgehead atoms. The molecule has 1 radical (unpaired) electrons. The van der Waals surface area contributed by atoms with E-state index in [1.165, 1.54) is 16.8 Å². The van der Waals surface area contributed by atoms with Crippen LogP contribution >= 0.6 is 11.6 Å². The number of nitrogens with zero attached hydrogens (tertiary/aromatic N) is 1. The molecule has 0 unspecified atom stereocenters. The van der Waals surface area contributed by atoms with Gasteiger partial charge in [0.1, 0.15) is 0 Å². The van der Waals surface area contributed by atoms with E-state index in [0.29, 0.717) is 0 Å². The Hall–Kier alpha value is -1.67. The van der Waals surface area contributed by atoms with Crippen LogP contribution in [0.4, 0.5) is 5.69 Å². The second-order valence-electron chi connectivity index (χ2n) is 4.94. The smallest absolute Gasteiger partial charge is 0.179 e. The van der Waals surface area contributed by atoms with E-state index >= 15 is 0 Å². The van der Waals surface area contributed by atoms with Gasteiger partial charge in [0.25, 0.3) is 0 Å². The van der Waals surface area contributed by atoms with E-state index in [2.05, 4.69) is 17.0 Å². The number of fused-ring (bicyclic) bond motifs is 1. The molecule has 0 spiro atoms. The zero-order valence-corrected chi connectivity index (χ0v) is 11.4. The highest BCUT2D eigenvalue weighted by Gasteiger charge is 2.17. The lowest BCUT2D eigenvalue weighted by Gasteiger charge is -2.31. The van der Waals surface area contributed by atoms with Crippen LogP contribution in [-0.2, 0) is 18.1 Å². The average molecular weight is 273 g/mol. The van der Waals surface area contributed by atoms with E-state index in [1.54, 1.807) is 12.1 Å². The molecule has 1 aliphatic rings. The molecule has 97 valence electrons. The van der Waals surface area contributed by atoms with Crippen LogP contribution in [0.3, 0.4) is 0 Å². The summed E-state index contributed by atoms with van der Waals surface area (Å²) in [5.74, 6) is 0.104. The highest BCUT2D eigenvalue weighted by Crippen LogP contribution is 2.31. The maximum Gasteiger partial charge on any atom is 0.179 e. The van der Waals surface area contributed by atoms with Crippen molar-refractivity contribution in [3.63, 3.8) is 0 Å². The summed E-state index contributed by atoms with van der Waals surface area (Å²) in [6, 6.07) is 13.3. The van der Waals surface area contributed by atoms with Gasteiger partial charge in [-0.2, -0.15) is 0 Å². The minimum absolute atomic E-state index is 0.104. The van der Waals surface area contributed by atoms with Crippen molar-refractivity contribution >= 4 is 17.3 Å². The molecule has 0 saturated carbocycles. The molecule has 3 rings (SSSR count). The summed E-state index contributed by atoms with van der Waals surface area (Å²) in [7, 11) is 0. The molecule has 19 heavy (non-hydrogen) atoms. The molecule has 0 aliphatic carbocycles. The predicted octanol–water partition coefficient (Wildman–Crippen LogP) is 4.44. The number of rotatable bonds is 2. The van der Waals surface area contributed by atoms with E-state index in [1.807, 2.05) is 18.2 Å². The standard InChI is InChI=1S/C16H15ClNO/c17-14-5-3-12(4-6-14)11-18-9-1-2-13-10-15(19)7-8-16(13)18/h3-8,10H,1-2,9,11H2. The Morgan fingerprint density at radius 3 is 2.68 bits per heavy atom. The summed E-state index contributed by atoms with van der Waals surface area (Å²) in [4.78, 5) is 2.33. The largest absolute Gasteiger partial charge is 0.367 e. The molecule has 0 fully saturated rings. The number of aryl methyl sites for hydroxylation is 1. The summed E-state index contributed by atoms with van der Waals surface area (Å²) < 4.78 is 0. The van der Waals surface area contributed by atoms with Gasteiger partial charge < -0.3 is 4.90 Å². The highest BCUT2D eigenvalue weighted by atomic mass is 35.5. The third-order valence-corrected chi connectivity index (χ3v) is 3.80. The first-order valence-corrected chi connectivity index (χ1v) is 6.89. The van der Waals surface area contributed by atoms with Crippen LogP contribution < -0.4 is 4.90 Å². The van der Waals surface area contributed by atoms with Gasteiger partial charge in [0.15, 0.2) is 5.75 Å². The lowest BCUT2D eigenvalue weighted by molar-refractivity contribution is 0.354. The van der Waals surface area contributed by atoms with Crippen LogP contribution in [0.2, 0.25) is 5.02 Å². The number of hydrogen-bond acceptors (Lipinski definition) is 1. The Labute approximate surface area is 118 Å². The van der Waals surface area contributed by atoms with Gasteiger partial charge in [-0.15, -0.1) is 0 Å². The van der Waals surface area contributed by atoms with Crippen molar-refractivity contribution in [1.82, 2.24) is 0 Å². The van der Waals surface area contributed by atoms with Crippen molar-refractivity contribution in [3.05, 3.63) is 58.6 Å². The van der Waals surface area contributed by atoms with Crippen LogP contribution in [0.15, 0.2) is 42.5 Å². The molecular weight excluding hydrogens is 258 g/mol. The molecule has 0 N–H and O–H groups in total. The van der Waals surface area contributed by atoms with Crippen molar-refractivity contribution < 1.29 is 5.11 Å². The Morgan fingerprint density at radius 2 is 1.89 bits per heavy atom. The second kappa shape index (κ2) is 5.14. The number of halogens is 1. The van der Waals surface area contributed by atoms with E-state index in [-0.39, 0.29) is 5.75 Å². The molecule has 1 aliphatic heterocycles. The van der Waals surface area contributed by atoms with Crippen LogP contribution in [0, 0.1) is 0 Å². The first-order chi connectivity index (χ1) is 9.22. The lowest BCUT2D eigenvalue weighted by atomic mass is 10.0. The quantitative estimate of drug-likeness (QED) is 0.793. The molecule has 0 aromatic heterocycles. The normalized spacial score (nSPS) is 14.3. The zero-order chi connectivity index (χ0) is 13.2. The summed E-state index contributed by atoms with van der Waals surface area (Å²) >= 11 is 5.90. The first-order valence-electron chi connectivity index (χ1n) is 6.52. The fourth-order valence-electron chi connectivity index (χ4n) is 2.63. The van der Waals surface area contributed by atoms with Crippen LogP contribution in [0.1, 0.15) is 17.5 Å². The fourth-order valence-corrected chi connectivity index (χ4v) is 2.75. The van der Waals surface area contributed by atoms with Gasteiger partial charge in [-0.1, -0.05) is 23.7 Å². The van der Waals surface area contributed by atoms with Gasteiger partial charge in [-0.3, -0.25) is 5.11 Å². The Bertz CT molecular complexity index is 580. The van der Waals surface area contributed by atoms with Crippen molar-refractivity contribution in [3.8, 4) is 5.75 Å². The van der Waals surface area contributed by atoms with E-state index < -0.39 is 0 Å². The Balaban J connectivity index is 1.85. The zero-order valence-electron chi connectivity index (χ0n) is 10.6. The van der Waals surface area contributed by atoms with Crippen molar-refractivity contribution in [2.75, 3.05) is 11.4 Å². The van der Waals surface area contributed by atoms with Crippen LogP contribution in [0.5, 0.6) is 5.75 Å². The third-order valence-electron chi connectivity index (χ3n) is 3.55. The molecule has 2 nitrogen and oxygen atoms in total. The van der Waals surface area contributed by atoms with Crippen molar-refractivity contribution in [2.45, 2.75) is 19.4 Å². The molecule has 3 heteroatoms. The molecule has 0 saturated heterocycles. The van der Waals surface area contributed by atoms with Crippen molar-refractivity contribution in [1.29, 1.82) is 0 Å². The fraction of sp³-hybridized carbons (Fsp3) is 0.250. The van der Waals surface area contributed by atoms with Crippen LogP contribution in [-0.4, -0.2) is 6.54 Å². The molecule has 1 heterocycles. The monoisotopic (exact) mass is 272 g/mol. The van der Waals surface area contributed by atoms with Gasteiger partial charge in [0, 0.05) is 23.8 Å². The maximum atomic E-state index is 11.4. The molecule has 2 aromatic rings. The molecular formula is C16H15ClNO. The van der Waals surface area contributed by atoms with E-state index in [4.69, 9.17) is 11.6 Å². The molecule has 0 atom stereocenters. The topological polar surface area (TPSA) is 23.1 Å². The summed E-state index contributed by atoms with van der Waals surface area (Å²) in [5, 5.41) is 12.2. The molecule has 0 amide bonds. The summed E-state index contributed by atoms with van der Waals surface area (Å²) in [6.07, 6.45) is 2.10. The summed E-state index contributed by atoms with van der Waals surface area (Å²) in [6.45, 7) is 1.90.